The summed E-state index contributed by atoms with van der Waals surface area (Å²) in [6.45, 7) is 2.17. The quantitative estimate of drug-likeness (QED) is 0.625. The lowest BCUT2D eigenvalue weighted by atomic mass is 10.1. The molecule has 1 heterocycles. The van der Waals surface area contributed by atoms with Gasteiger partial charge in [-0.25, -0.2) is 4.98 Å². The number of pyridine rings is 1. The van der Waals surface area contributed by atoms with Crippen molar-refractivity contribution < 1.29 is 10.0 Å². The fourth-order valence-electron chi connectivity index (χ4n) is 2.17. The van der Waals surface area contributed by atoms with Gasteiger partial charge in [0.1, 0.15) is 5.52 Å². The number of nitrogens with zero attached hydrogens (tertiary/aromatic N) is 2. The molecule has 0 saturated heterocycles. The third kappa shape index (κ3) is 3.03. The minimum Gasteiger partial charge on any atom is -0.396 e. The van der Waals surface area contributed by atoms with Gasteiger partial charge in [0.2, 0.25) is 0 Å². The number of hydrogen-bond donors (Lipinski definition) is 2. The normalized spacial score (nSPS) is 12.3. The van der Waals surface area contributed by atoms with Gasteiger partial charge in [-0.1, -0.05) is 12.1 Å². The highest BCUT2D eigenvalue weighted by Crippen LogP contribution is 2.29. The van der Waals surface area contributed by atoms with Crippen molar-refractivity contribution in [3.05, 3.63) is 40.6 Å². The molecule has 106 valence electrons. The summed E-state index contributed by atoms with van der Waals surface area (Å²) >= 11 is 0. The fraction of sp³-hybridized carbons (Fsp3) is 0.357. The van der Waals surface area contributed by atoms with E-state index in [2.05, 4.69) is 10.3 Å². The number of non-ortho nitro benzene ring substituents is 1. The van der Waals surface area contributed by atoms with Crippen LogP contribution in [0.1, 0.15) is 19.8 Å². The van der Waals surface area contributed by atoms with Crippen LogP contribution in [0.5, 0.6) is 0 Å². The number of fused-ring (bicyclic) bond motifs is 1. The highest BCUT2D eigenvalue weighted by molar-refractivity contribution is 5.96. The summed E-state index contributed by atoms with van der Waals surface area (Å²) in [5.74, 6) is 0. The molecule has 0 aliphatic rings. The van der Waals surface area contributed by atoms with E-state index >= 15 is 0 Å². The number of rotatable bonds is 6. The molecule has 0 radical (unpaired) electrons. The lowest BCUT2D eigenvalue weighted by molar-refractivity contribution is -0.383. The Morgan fingerprint density at radius 2 is 2.25 bits per heavy atom. The summed E-state index contributed by atoms with van der Waals surface area (Å²) in [6.07, 6.45) is 3.11. The Balaban J connectivity index is 2.35. The van der Waals surface area contributed by atoms with Gasteiger partial charge in [-0.3, -0.25) is 10.1 Å². The second kappa shape index (κ2) is 6.29. The van der Waals surface area contributed by atoms with Gasteiger partial charge in [-0.2, -0.15) is 0 Å². The van der Waals surface area contributed by atoms with E-state index in [1.165, 1.54) is 6.07 Å². The number of aromatic nitrogens is 1. The third-order valence-corrected chi connectivity index (χ3v) is 3.14. The minimum atomic E-state index is -0.422. The first kappa shape index (κ1) is 14.2. The molecular formula is C14H17N3O3. The topological polar surface area (TPSA) is 88.3 Å². The van der Waals surface area contributed by atoms with Gasteiger partial charge in [0.25, 0.3) is 5.69 Å². The molecule has 1 unspecified atom stereocenters. The molecular weight excluding hydrogens is 258 g/mol. The highest BCUT2D eigenvalue weighted by Gasteiger charge is 2.15. The number of nitro benzene ring substituents is 1. The second-order valence-corrected chi connectivity index (χ2v) is 4.70. The number of nitro groups is 1. The van der Waals surface area contributed by atoms with Crippen molar-refractivity contribution >= 4 is 22.3 Å². The summed E-state index contributed by atoms with van der Waals surface area (Å²) in [5.41, 5.74) is 1.22. The molecule has 0 fully saturated rings. The second-order valence-electron chi connectivity index (χ2n) is 4.70. The highest BCUT2D eigenvalue weighted by atomic mass is 16.6. The van der Waals surface area contributed by atoms with Crippen molar-refractivity contribution in [1.29, 1.82) is 0 Å². The molecule has 1 aromatic heterocycles. The van der Waals surface area contributed by atoms with Crippen LogP contribution in [-0.2, 0) is 0 Å². The van der Waals surface area contributed by atoms with Gasteiger partial charge < -0.3 is 10.4 Å². The number of anilines is 1. The molecule has 0 bridgehead atoms. The van der Waals surface area contributed by atoms with Crippen LogP contribution >= 0.6 is 0 Å². The van der Waals surface area contributed by atoms with Gasteiger partial charge in [0.05, 0.1) is 4.92 Å². The molecule has 6 nitrogen and oxygen atoms in total. The van der Waals surface area contributed by atoms with Crippen LogP contribution in [0, 0.1) is 10.1 Å². The van der Waals surface area contributed by atoms with Crippen molar-refractivity contribution in [2.75, 3.05) is 11.9 Å². The van der Waals surface area contributed by atoms with E-state index in [-0.39, 0.29) is 18.3 Å². The van der Waals surface area contributed by atoms with E-state index < -0.39 is 4.92 Å². The first-order valence-electron chi connectivity index (χ1n) is 6.53. The monoisotopic (exact) mass is 275 g/mol. The SMILES string of the molecule is CC(CCCO)Nc1ccnc2c([N+](=O)[O-])cccc12. The van der Waals surface area contributed by atoms with Crippen molar-refractivity contribution in [3.8, 4) is 0 Å². The molecule has 0 spiro atoms. The van der Waals surface area contributed by atoms with Crippen LogP contribution in [0.4, 0.5) is 11.4 Å². The Hall–Kier alpha value is -2.21. The van der Waals surface area contributed by atoms with Crippen molar-refractivity contribution in [3.63, 3.8) is 0 Å². The first-order chi connectivity index (χ1) is 9.63. The van der Waals surface area contributed by atoms with E-state index in [0.717, 1.165) is 23.9 Å². The van der Waals surface area contributed by atoms with E-state index in [0.29, 0.717) is 5.52 Å². The molecule has 1 aromatic carbocycles. The number of benzene rings is 1. The van der Waals surface area contributed by atoms with E-state index in [4.69, 9.17) is 5.11 Å². The van der Waals surface area contributed by atoms with Crippen molar-refractivity contribution in [2.45, 2.75) is 25.8 Å². The Kier molecular flexibility index (Phi) is 4.47. The predicted octanol–water partition coefficient (Wildman–Crippen LogP) is 2.72. The Morgan fingerprint density at radius 3 is 2.95 bits per heavy atom. The molecule has 0 aliphatic carbocycles. The number of hydrogen-bond acceptors (Lipinski definition) is 5. The summed E-state index contributed by atoms with van der Waals surface area (Å²) < 4.78 is 0. The van der Waals surface area contributed by atoms with Gasteiger partial charge in [0.15, 0.2) is 0 Å². The first-order valence-corrected chi connectivity index (χ1v) is 6.53. The Morgan fingerprint density at radius 1 is 1.45 bits per heavy atom. The zero-order valence-electron chi connectivity index (χ0n) is 11.2. The van der Waals surface area contributed by atoms with Crippen LogP contribution in [0.2, 0.25) is 0 Å². The van der Waals surface area contributed by atoms with Crippen molar-refractivity contribution in [1.82, 2.24) is 4.98 Å². The molecule has 1 atom stereocenters. The standard InChI is InChI=1S/C14H17N3O3/c1-10(4-3-9-18)16-12-7-8-15-14-11(12)5-2-6-13(14)17(19)20/h2,5-8,10,18H,3-4,9H2,1H3,(H,15,16). The zero-order chi connectivity index (χ0) is 14.5. The Labute approximate surface area is 116 Å². The average molecular weight is 275 g/mol. The van der Waals surface area contributed by atoms with E-state index in [1.54, 1.807) is 12.3 Å². The van der Waals surface area contributed by atoms with Crippen LogP contribution in [0.3, 0.4) is 0 Å². The van der Waals surface area contributed by atoms with E-state index in [9.17, 15) is 10.1 Å². The van der Waals surface area contributed by atoms with Crippen LogP contribution < -0.4 is 5.32 Å². The maximum absolute atomic E-state index is 11.0. The van der Waals surface area contributed by atoms with E-state index in [1.807, 2.05) is 19.1 Å². The average Bonchev–Trinajstić information content (AvgIpc) is 2.44. The zero-order valence-corrected chi connectivity index (χ0v) is 11.2. The predicted molar refractivity (Wildman–Crippen MR) is 77.8 cm³/mol. The smallest absolute Gasteiger partial charge is 0.295 e. The number of nitrogens with one attached hydrogen (secondary N) is 1. The summed E-state index contributed by atoms with van der Waals surface area (Å²) in [5, 5.41) is 23.9. The summed E-state index contributed by atoms with van der Waals surface area (Å²) in [7, 11) is 0. The van der Waals surface area contributed by atoms with Gasteiger partial charge >= 0.3 is 0 Å². The molecule has 0 amide bonds. The largest absolute Gasteiger partial charge is 0.396 e. The molecule has 2 rings (SSSR count). The third-order valence-electron chi connectivity index (χ3n) is 3.14. The molecule has 6 heteroatoms. The lowest BCUT2D eigenvalue weighted by Crippen LogP contribution is -2.15. The fourth-order valence-corrected chi connectivity index (χ4v) is 2.17. The number of aliphatic hydroxyl groups is 1. The van der Waals surface area contributed by atoms with Crippen LogP contribution in [0.25, 0.3) is 10.9 Å². The number of para-hydroxylation sites is 1. The maximum Gasteiger partial charge on any atom is 0.295 e. The van der Waals surface area contributed by atoms with Crippen LogP contribution in [0.15, 0.2) is 30.5 Å². The molecule has 2 aromatic rings. The molecule has 0 aliphatic heterocycles. The van der Waals surface area contributed by atoms with Gasteiger partial charge in [0, 0.05) is 36.0 Å². The number of aliphatic hydroxyl groups excluding tert-OH is 1. The lowest BCUT2D eigenvalue weighted by Gasteiger charge is -2.16. The summed E-state index contributed by atoms with van der Waals surface area (Å²) in [6, 6.07) is 6.91. The molecule has 0 saturated carbocycles. The summed E-state index contributed by atoms with van der Waals surface area (Å²) in [4.78, 5) is 14.7. The Bertz CT molecular complexity index is 616. The van der Waals surface area contributed by atoms with Gasteiger partial charge in [-0.05, 0) is 25.8 Å². The molecule has 2 N–H and O–H groups in total. The van der Waals surface area contributed by atoms with Gasteiger partial charge in [-0.15, -0.1) is 0 Å². The molecule has 20 heavy (non-hydrogen) atoms. The maximum atomic E-state index is 11.0. The minimum absolute atomic E-state index is 0.00848. The van der Waals surface area contributed by atoms with Crippen LogP contribution in [-0.4, -0.2) is 27.7 Å². The van der Waals surface area contributed by atoms with Crippen molar-refractivity contribution in [2.24, 2.45) is 0 Å².